The van der Waals surface area contributed by atoms with Gasteiger partial charge in [0.1, 0.15) is 5.75 Å². The zero-order valence-corrected chi connectivity index (χ0v) is 11.3. The van der Waals surface area contributed by atoms with Gasteiger partial charge in [-0.3, -0.25) is 4.79 Å². The molecule has 18 heavy (non-hydrogen) atoms. The Labute approximate surface area is 111 Å². The molecule has 1 aliphatic carbocycles. The largest absolute Gasteiger partial charge is 0.495 e. The molecule has 0 heterocycles. The van der Waals surface area contributed by atoms with Crippen LogP contribution in [0.3, 0.4) is 0 Å². The van der Waals surface area contributed by atoms with E-state index in [-0.39, 0.29) is 5.91 Å². The van der Waals surface area contributed by atoms with Gasteiger partial charge in [0.05, 0.1) is 18.6 Å². The number of nitrogen functional groups attached to an aromatic ring is 1. The number of carbonyl (C=O) groups excluding carboxylic acids is 1. The number of rotatable bonds is 6. The lowest BCUT2D eigenvalue weighted by molar-refractivity contribution is -0.118. The van der Waals surface area contributed by atoms with Gasteiger partial charge < -0.3 is 15.8 Å². The van der Waals surface area contributed by atoms with E-state index in [4.69, 9.17) is 10.5 Å². The summed E-state index contributed by atoms with van der Waals surface area (Å²) in [4.78, 5) is 11.5. The minimum Gasteiger partial charge on any atom is -0.495 e. The number of anilines is 1. The van der Waals surface area contributed by atoms with Crippen molar-refractivity contribution in [2.45, 2.75) is 24.6 Å². The predicted octanol–water partition coefficient (Wildman–Crippen LogP) is 1.79. The number of hydrogen-bond donors (Lipinski definition) is 2. The van der Waals surface area contributed by atoms with E-state index in [1.54, 1.807) is 18.9 Å². The number of amides is 1. The molecule has 0 unspecified atom stereocenters. The Balaban J connectivity index is 1.75. The summed E-state index contributed by atoms with van der Waals surface area (Å²) < 4.78 is 5.10. The van der Waals surface area contributed by atoms with E-state index in [2.05, 4.69) is 5.32 Å². The van der Waals surface area contributed by atoms with Crippen molar-refractivity contribution in [1.29, 1.82) is 0 Å². The Hall–Kier alpha value is -1.36. The van der Waals surface area contributed by atoms with Gasteiger partial charge in [0.15, 0.2) is 0 Å². The fourth-order valence-electron chi connectivity index (χ4n) is 1.63. The molecular weight excluding hydrogens is 248 g/mol. The van der Waals surface area contributed by atoms with Crippen LogP contribution in [0.15, 0.2) is 18.2 Å². The number of nitrogens with one attached hydrogen (secondary N) is 1. The maximum Gasteiger partial charge on any atom is 0.230 e. The summed E-state index contributed by atoms with van der Waals surface area (Å²) in [5.41, 5.74) is 7.57. The van der Waals surface area contributed by atoms with Gasteiger partial charge in [-0.05, 0) is 30.5 Å². The Kier molecular flexibility index (Phi) is 4.36. The van der Waals surface area contributed by atoms with Crippen LogP contribution in [0.25, 0.3) is 0 Å². The van der Waals surface area contributed by atoms with Crippen molar-refractivity contribution in [2.75, 3.05) is 18.6 Å². The SMILES string of the molecule is COc1ccc(CSCC(=O)NC2CC2)cc1N. The molecule has 1 aromatic carbocycles. The Morgan fingerprint density at radius 3 is 2.94 bits per heavy atom. The summed E-state index contributed by atoms with van der Waals surface area (Å²) in [5.74, 6) is 2.11. The molecule has 0 radical (unpaired) electrons. The summed E-state index contributed by atoms with van der Waals surface area (Å²) in [6, 6.07) is 6.16. The lowest BCUT2D eigenvalue weighted by atomic mass is 10.2. The molecule has 1 fully saturated rings. The van der Waals surface area contributed by atoms with Crippen molar-refractivity contribution in [3.05, 3.63) is 23.8 Å². The number of nitrogens with two attached hydrogens (primary N) is 1. The molecule has 0 bridgehead atoms. The molecular formula is C13H18N2O2S. The number of thioether (sulfide) groups is 1. The number of hydrogen-bond acceptors (Lipinski definition) is 4. The van der Waals surface area contributed by atoms with Crippen LogP contribution < -0.4 is 15.8 Å². The maximum absolute atomic E-state index is 11.5. The molecule has 2 rings (SSSR count). The first-order chi connectivity index (χ1) is 8.69. The van der Waals surface area contributed by atoms with E-state index in [1.165, 1.54) is 0 Å². The Morgan fingerprint density at radius 1 is 1.56 bits per heavy atom. The quantitative estimate of drug-likeness (QED) is 0.771. The molecule has 3 N–H and O–H groups in total. The van der Waals surface area contributed by atoms with E-state index in [1.807, 2.05) is 18.2 Å². The molecule has 1 amide bonds. The molecule has 0 aliphatic heterocycles. The molecule has 1 aromatic rings. The van der Waals surface area contributed by atoms with Gasteiger partial charge in [-0.2, -0.15) is 0 Å². The minimum atomic E-state index is 0.129. The third-order valence-corrected chi connectivity index (χ3v) is 3.74. The van der Waals surface area contributed by atoms with Crippen molar-refractivity contribution in [1.82, 2.24) is 5.32 Å². The van der Waals surface area contributed by atoms with Crippen LogP contribution in [0.2, 0.25) is 0 Å². The molecule has 0 saturated heterocycles. The molecule has 0 atom stereocenters. The minimum absolute atomic E-state index is 0.129. The molecule has 1 saturated carbocycles. The van der Waals surface area contributed by atoms with Crippen LogP contribution in [0, 0.1) is 0 Å². The van der Waals surface area contributed by atoms with Crippen LogP contribution in [-0.2, 0) is 10.5 Å². The lowest BCUT2D eigenvalue weighted by Crippen LogP contribution is -2.27. The van der Waals surface area contributed by atoms with Gasteiger partial charge in [0.2, 0.25) is 5.91 Å². The number of benzene rings is 1. The van der Waals surface area contributed by atoms with E-state index in [9.17, 15) is 4.79 Å². The van der Waals surface area contributed by atoms with Crippen LogP contribution in [-0.4, -0.2) is 24.8 Å². The summed E-state index contributed by atoms with van der Waals surface area (Å²) in [7, 11) is 1.60. The molecule has 98 valence electrons. The third kappa shape index (κ3) is 3.84. The van der Waals surface area contributed by atoms with Gasteiger partial charge in [-0.25, -0.2) is 0 Å². The van der Waals surface area contributed by atoms with Crippen LogP contribution in [0.5, 0.6) is 5.75 Å². The van der Waals surface area contributed by atoms with Gasteiger partial charge in [0, 0.05) is 11.8 Å². The fourth-order valence-corrected chi connectivity index (χ4v) is 2.42. The van der Waals surface area contributed by atoms with Crippen molar-refractivity contribution in [2.24, 2.45) is 0 Å². The maximum atomic E-state index is 11.5. The highest BCUT2D eigenvalue weighted by atomic mass is 32.2. The van der Waals surface area contributed by atoms with Crippen molar-refractivity contribution in [3.63, 3.8) is 0 Å². The Morgan fingerprint density at radius 2 is 2.33 bits per heavy atom. The van der Waals surface area contributed by atoms with Gasteiger partial charge in [0.25, 0.3) is 0 Å². The lowest BCUT2D eigenvalue weighted by Gasteiger charge is -2.07. The molecule has 4 nitrogen and oxygen atoms in total. The van der Waals surface area contributed by atoms with Crippen molar-refractivity contribution >= 4 is 23.4 Å². The van der Waals surface area contributed by atoms with Crippen LogP contribution in [0.4, 0.5) is 5.69 Å². The molecule has 0 spiro atoms. The first-order valence-corrected chi connectivity index (χ1v) is 7.14. The van der Waals surface area contributed by atoms with E-state index in [0.29, 0.717) is 23.2 Å². The standard InChI is InChI=1S/C13H18N2O2S/c1-17-12-5-2-9(6-11(12)14)7-18-8-13(16)15-10-3-4-10/h2,5-6,10H,3-4,7-8,14H2,1H3,(H,15,16). The predicted molar refractivity (Wildman–Crippen MR) is 74.7 cm³/mol. The summed E-state index contributed by atoms with van der Waals surface area (Å²) in [6.45, 7) is 0. The number of carbonyl (C=O) groups is 1. The highest BCUT2D eigenvalue weighted by Crippen LogP contribution is 2.24. The normalized spacial score (nSPS) is 14.3. The number of methoxy groups -OCH3 is 1. The van der Waals surface area contributed by atoms with Crippen molar-refractivity contribution in [3.8, 4) is 5.75 Å². The summed E-state index contributed by atoms with van der Waals surface area (Å²) in [5, 5.41) is 2.97. The second-order valence-electron chi connectivity index (χ2n) is 4.41. The average Bonchev–Trinajstić information content (AvgIpc) is 3.13. The van der Waals surface area contributed by atoms with Crippen molar-refractivity contribution < 1.29 is 9.53 Å². The van der Waals surface area contributed by atoms with E-state index < -0.39 is 0 Å². The number of ether oxygens (including phenoxy) is 1. The zero-order valence-electron chi connectivity index (χ0n) is 10.4. The summed E-state index contributed by atoms with van der Waals surface area (Å²) in [6.07, 6.45) is 2.26. The topological polar surface area (TPSA) is 64.3 Å². The average molecular weight is 266 g/mol. The second kappa shape index (κ2) is 6.00. The first kappa shape index (κ1) is 13.1. The van der Waals surface area contributed by atoms with E-state index >= 15 is 0 Å². The van der Waals surface area contributed by atoms with Gasteiger partial charge in [-0.1, -0.05) is 6.07 Å². The Bertz CT molecular complexity index is 433. The van der Waals surface area contributed by atoms with Crippen LogP contribution in [0.1, 0.15) is 18.4 Å². The zero-order chi connectivity index (χ0) is 13.0. The van der Waals surface area contributed by atoms with Crippen LogP contribution >= 0.6 is 11.8 Å². The third-order valence-electron chi connectivity index (χ3n) is 2.74. The highest BCUT2D eigenvalue weighted by Gasteiger charge is 2.22. The molecule has 5 heteroatoms. The second-order valence-corrected chi connectivity index (χ2v) is 5.40. The van der Waals surface area contributed by atoms with Gasteiger partial charge in [-0.15, -0.1) is 11.8 Å². The smallest absolute Gasteiger partial charge is 0.230 e. The van der Waals surface area contributed by atoms with E-state index in [0.717, 1.165) is 24.2 Å². The molecule has 1 aliphatic rings. The molecule has 0 aromatic heterocycles. The summed E-state index contributed by atoms with van der Waals surface area (Å²) >= 11 is 1.60. The first-order valence-electron chi connectivity index (χ1n) is 5.98. The fraction of sp³-hybridized carbons (Fsp3) is 0.462. The highest BCUT2D eigenvalue weighted by molar-refractivity contribution is 7.99. The monoisotopic (exact) mass is 266 g/mol. The van der Waals surface area contributed by atoms with Gasteiger partial charge >= 0.3 is 0 Å².